The summed E-state index contributed by atoms with van der Waals surface area (Å²) in [6.07, 6.45) is 1.77. The Hall–Kier alpha value is -2.97. The van der Waals surface area contributed by atoms with Crippen LogP contribution in [0.2, 0.25) is 5.02 Å². The van der Waals surface area contributed by atoms with Crippen LogP contribution in [0.15, 0.2) is 60.3 Å². The number of hydrogen-bond acceptors (Lipinski definition) is 6. The number of amides is 1. The highest BCUT2D eigenvalue weighted by molar-refractivity contribution is 7.99. The summed E-state index contributed by atoms with van der Waals surface area (Å²) in [6, 6.07) is 12.7. The standard InChI is InChI=1S/C21H19ClN4O3S/c1-2-9-26-20(14-3-5-15(22)6-4-14)24-25-21(26)30-13-19(27)23-16-7-8-17-18(12-16)29-11-10-28-17/h2-8,12H,1,9-11,13H2,(H,23,27). The number of aromatic nitrogens is 3. The van der Waals surface area contributed by atoms with Crippen LogP contribution in [0, 0.1) is 0 Å². The number of thioether (sulfide) groups is 1. The first-order valence-corrected chi connectivity index (χ1v) is 10.6. The van der Waals surface area contributed by atoms with Crippen molar-refractivity contribution in [1.29, 1.82) is 0 Å². The van der Waals surface area contributed by atoms with Gasteiger partial charge in [0.05, 0.1) is 5.75 Å². The van der Waals surface area contributed by atoms with Crippen molar-refractivity contribution in [3.05, 3.63) is 60.1 Å². The van der Waals surface area contributed by atoms with E-state index >= 15 is 0 Å². The van der Waals surface area contributed by atoms with Gasteiger partial charge in [0.15, 0.2) is 22.5 Å². The van der Waals surface area contributed by atoms with Crippen molar-refractivity contribution in [2.24, 2.45) is 0 Å². The van der Waals surface area contributed by atoms with Crippen LogP contribution in [0.4, 0.5) is 5.69 Å². The molecular weight excluding hydrogens is 424 g/mol. The Morgan fingerprint density at radius 3 is 2.70 bits per heavy atom. The average molecular weight is 443 g/mol. The molecule has 0 unspecified atom stereocenters. The zero-order chi connectivity index (χ0) is 20.9. The second-order valence-corrected chi connectivity index (χ2v) is 7.79. The van der Waals surface area contributed by atoms with E-state index in [1.165, 1.54) is 11.8 Å². The van der Waals surface area contributed by atoms with E-state index in [2.05, 4.69) is 22.1 Å². The van der Waals surface area contributed by atoms with E-state index in [1.807, 2.05) is 16.7 Å². The van der Waals surface area contributed by atoms with Crippen LogP contribution in [-0.2, 0) is 11.3 Å². The Balaban J connectivity index is 1.43. The van der Waals surface area contributed by atoms with Gasteiger partial charge >= 0.3 is 0 Å². The predicted molar refractivity (Wildman–Crippen MR) is 117 cm³/mol. The summed E-state index contributed by atoms with van der Waals surface area (Å²) in [5, 5.41) is 12.7. The number of anilines is 1. The minimum Gasteiger partial charge on any atom is -0.486 e. The Morgan fingerprint density at radius 1 is 1.17 bits per heavy atom. The van der Waals surface area contributed by atoms with Gasteiger partial charge in [-0.2, -0.15) is 0 Å². The number of nitrogens with one attached hydrogen (secondary N) is 1. The van der Waals surface area contributed by atoms with Crippen molar-refractivity contribution in [3.8, 4) is 22.9 Å². The molecule has 0 radical (unpaired) electrons. The molecule has 1 aromatic heterocycles. The first-order chi connectivity index (χ1) is 14.6. The number of fused-ring (bicyclic) bond motifs is 1. The molecule has 0 spiro atoms. The minimum absolute atomic E-state index is 0.155. The molecule has 0 atom stereocenters. The first-order valence-electron chi connectivity index (χ1n) is 9.26. The lowest BCUT2D eigenvalue weighted by Crippen LogP contribution is -2.17. The fraction of sp³-hybridized carbons (Fsp3) is 0.190. The number of nitrogens with zero attached hydrogens (tertiary/aromatic N) is 3. The van der Waals surface area contributed by atoms with Gasteiger partial charge in [0.2, 0.25) is 5.91 Å². The molecule has 9 heteroatoms. The van der Waals surface area contributed by atoms with Crippen molar-refractivity contribution < 1.29 is 14.3 Å². The molecule has 3 aromatic rings. The van der Waals surface area contributed by atoms with Crippen molar-refractivity contribution in [2.45, 2.75) is 11.7 Å². The number of benzene rings is 2. The summed E-state index contributed by atoms with van der Waals surface area (Å²) in [4.78, 5) is 12.4. The minimum atomic E-state index is -0.155. The fourth-order valence-electron chi connectivity index (χ4n) is 2.95. The Morgan fingerprint density at radius 2 is 1.93 bits per heavy atom. The van der Waals surface area contributed by atoms with Gasteiger partial charge in [-0.3, -0.25) is 9.36 Å². The maximum absolute atomic E-state index is 12.4. The molecule has 7 nitrogen and oxygen atoms in total. The predicted octanol–water partition coefficient (Wildman–Crippen LogP) is 4.29. The quantitative estimate of drug-likeness (QED) is 0.434. The lowest BCUT2D eigenvalue weighted by atomic mass is 10.2. The number of allylic oxidation sites excluding steroid dienone is 1. The van der Waals surface area contributed by atoms with E-state index in [-0.39, 0.29) is 11.7 Å². The van der Waals surface area contributed by atoms with Gasteiger partial charge in [-0.25, -0.2) is 0 Å². The molecular formula is C21H19ClN4O3S. The Kier molecular flexibility index (Phi) is 6.25. The lowest BCUT2D eigenvalue weighted by Gasteiger charge is -2.19. The smallest absolute Gasteiger partial charge is 0.234 e. The zero-order valence-electron chi connectivity index (χ0n) is 16.0. The third-order valence-corrected chi connectivity index (χ3v) is 5.51. The Bertz CT molecular complexity index is 1070. The third kappa shape index (κ3) is 4.60. The second-order valence-electron chi connectivity index (χ2n) is 6.41. The van der Waals surface area contributed by atoms with Crippen molar-refractivity contribution in [2.75, 3.05) is 24.3 Å². The monoisotopic (exact) mass is 442 g/mol. The van der Waals surface area contributed by atoms with Gasteiger partial charge < -0.3 is 14.8 Å². The van der Waals surface area contributed by atoms with Gasteiger partial charge in [0.1, 0.15) is 13.2 Å². The number of carbonyl (C=O) groups excluding carboxylic acids is 1. The van der Waals surface area contributed by atoms with E-state index in [9.17, 15) is 4.79 Å². The summed E-state index contributed by atoms with van der Waals surface area (Å²) in [7, 11) is 0. The highest BCUT2D eigenvalue weighted by atomic mass is 35.5. The molecule has 0 fully saturated rings. The SMILES string of the molecule is C=CCn1c(SCC(=O)Nc2ccc3c(c2)OCCO3)nnc1-c1ccc(Cl)cc1. The normalized spacial score (nSPS) is 12.4. The highest BCUT2D eigenvalue weighted by Gasteiger charge is 2.16. The van der Waals surface area contributed by atoms with Gasteiger partial charge in [-0.15, -0.1) is 16.8 Å². The van der Waals surface area contributed by atoms with Crippen LogP contribution < -0.4 is 14.8 Å². The maximum Gasteiger partial charge on any atom is 0.234 e. The molecule has 0 saturated heterocycles. The molecule has 1 amide bonds. The molecule has 2 heterocycles. The van der Waals surface area contributed by atoms with Gasteiger partial charge in [0, 0.05) is 28.9 Å². The van der Waals surface area contributed by atoms with E-state index in [0.717, 1.165) is 5.56 Å². The summed E-state index contributed by atoms with van der Waals surface area (Å²) in [5.74, 6) is 2.04. The molecule has 0 bridgehead atoms. The van der Waals surface area contributed by atoms with Crippen LogP contribution in [0.25, 0.3) is 11.4 Å². The maximum atomic E-state index is 12.4. The number of rotatable bonds is 7. The summed E-state index contributed by atoms with van der Waals surface area (Å²) in [6.45, 7) is 5.35. The highest BCUT2D eigenvalue weighted by Crippen LogP contribution is 2.32. The molecule has 30 heavy (non-hydrogen) atoms. The zero-order valence-corrected chi connectivity index (χ0v) is 17.6. The van der Waals surface area contributed by atoms with E-state index in [4.69, 9.17) is 21.1 Å². The van der Waals surface area contributed by atoms with Crippen LogP contribution in [0.3, 0.4) is 0 Å². The number of hydrogen-bond donors (Lipinski definition) is 1. The summed E-state index contributed by atoms with van der Waals surface area (Å²) < 4.78 is 13.0. The second kappa shape index (κ2) is 9.23. The van der Waals surface area contributed by atoms with Crippen LogP contribution in [-0.4, -0.2) is 39.6 Å². The number of carbonyl (C=O) groups is 1. The van der Waals surface area contributed by atoms with Gasteiger partial charge in [-0.05, 0) is 36.4 Å². The van der Waals surface area contributed by atoms with E-state index in [0.29, 0.717) is 52.9 Å². The molecule has 1 aliphatic rings. The largest absolute Gasteiger partial charge is 0.486 e. The lowest BCUT2D eigenvalue weighted by molar-refractivity contribution is -0.113. The van der Waals surface area contributed by atoms with Crippen LogP contribution >= 0.6 is 23.4 Å². The van der Waals surface area contributed by atoms with Crippen LogP contribution in [0.5, 0.6) is 11.5 Å². The average Bonchev–Trinajstić information content (AvgIpc) is 3.15. The fourth-order valence-corrected chi connectivity index (χ4v) is 3.82. The molecule has 0 saturated carbocycles. The number of halogens is 1. The van der Waals surface area contributed by atoms with Gasteiger partial charge in [-0.1, -0.05) is 29.4 Å². The van der Waals surface area contributed by atoms with Gasteiger partial charge in [0.25, 0.3) is 0 Å². The summed E-state index contributed by atoms with van der Waals surface area (Å²) >= 11 is 7.28. The topological polar surface area (TPSA) is 78.3 Å². The van der Waals surface area contributed by atoms with Crippen molar-refractivity contribution in [1.82, 2.24) is 14.8 Å². The molecule has 1 aliphatic heterocycles. The first kappa shape index (κ1) is 20.3. The Labute approximate surface area is 183 Å². The molecule has 4 rings (SSSR count). The molecule has 154 valence electrons. The van der Waals surface area contributed by atoms with E-state index in [1.54, 1.807) is 36.4 Å². The summed E-state index contributed by atoms with van der Waals surface area (Å²) in [5.41, 5.74) is 1.54. The number of ether oxygens (including phenoxy) is 2. The molecule has 2 aromatic carbocycles. The van der Waals surface area contributed by atoms with E-state index < -0.39 is 0 Å². The van der Waals surface area contributed by atoms with Crippen molar-refractivity contribution in [3.63, 3.8) is 0 Å². The third-order valence-electron chi connectivity index (χ3n) is 4.29. The van der Waals surface area contributed by atoms with Crippen LogP contribution in [0.1, 0.15) is 0 Å². The molecule has 0 aliphatic carbocycles. The molecule has 1 N–H and O–H groups in total. The van der Waals surface area contributed by atoms with Crippen molar-refractivity contribution >= 4 is 35.0 Å².